The molecule has 1 N–H and O–H groups in total. The van der Waals surface area contributed by atoms with Gasteiger partial charge >= 0.3 is 0 Å². The maximum absolute atomic E-state index is 13.0. The van der Waals surface area contributed by atoms with Crippen LogP contribution in [0.5, 0.6) is 11.5 Å². The summed E-state index contributed by atoms with van der Waals surface area (Å²) in [5.74, 6) is -0.250. The second-order valence-electron chi connectivity index (χ2n) is 7.80. The molecule has 1 saturated heterocycles. The van der Waals surface area contributed by atoms with Gasteiger partial charge in [0.15, 0.2) is 0 Å². The zero-order chi connectivity index (χ0) is 23.0. The first-order valence-electron chi connectivity index (χ1n) is 10.1. The van der Waals surface area contributed by atoms with E-state index in [1.807, 2.05) is 0 Å². The molecule has 32 heavy (non-hydrogen) atoms. The summed E-state index contributed by atoms with van der Waals surface area (Å²) in [6, 6.07) is 11.6. The van der Waals surface area contributed by atoms with Crippen LogP contribution in [0.2, 0.25) is 0 Å². The number of carbonyl (C=O) groups excluding carboxylic acids is 3. The number of hydrogen-bond donors (Lipinski definition) is 1. The molecule has 168 valence electrons. The minimum atomic E-state index is -0.347. The van der Waals surface area contributed by atoms with E-state index in [0.29, 0.717) is 41.3 Å². The molecule has 0 aromatic heterocycles. The number of carbonyl (C=O) groups is 3. The molecular formula is C23H22Br2N2O5. The first-order chi connectivity index (χ1) is 15.3. The molecule has 4 rings (SSSR count). The van der Waals surface area contributed by atoms with Gasteiger partial charge in [-0.05, 0) is 49.2 Å². The van der Waals surface area contributed by atoms with Crippen molar-refractivity contribution in [3.05, 3.63) is 48.0 Å². The van der Waals surface area contributed by atoms with Crippen LogP contribution in [0.15, 0.2) is 42.5 Å². The fourth-order valence-electron chi connectivity index (χ4n) is 4.22. The average molecular weight is 566 g/mol. The lowest BCUT2D eigenvalue weighted by molar-refractivity contribution is -0.122. The molecule has 1 aliphatic heterocycles. The van der Waals surface area contributed by atoms with Crippen LogP contribution in [-0.2, 0) is 9.59 Å². The van der Waals surface area contributed by atoms with Crippen LogP contribution in [0, 0.1) is 11.8 Å². The zero-order valence-corrected chi connectivity index (χ0v) is 20.7. The number of nitrogens with one attached hydrogen (secondary N) is 1. The van der Waals surface area contributed by atoms with Crippen LogP contribution < -0.4 is 19.7 Å². The van der Waals surface area contributed by atoms with Crippen molar-refractivity contribution < 1.29 is 23.9 Å². The number of alkyl halides is 2. The lowest BCUT2D eigenvalue weighted by Crippen LogP contribution is -2.34. The number of anilines is 2. The molecule has 1 aliphatic carbocycles. The SMILES string of the molecule is COc1ccc(OC)c(NC(=O)c2ccc(N3C(=O)[C@H]4C[C@H](Br)[C@@H](Br)C[C@H]4C3=O)cc2)c1. The Morgan fingerprint density at radius 1 is 0.938 bits per heavy atom. The Labute approximate surface area is 202 Å². The van der Waals surface area contributed by atoms with E-state index in [1.54, 1.807) is 49.6 Å². The van der Waals surface area contributed by atoms with Gasteiger partial charge in [0, 0.05) is 21.3 Å². The number of methoxy groups -OCH3 is 2. The number of amides is 3. The summed E-state index contributed by atoms with van der Waals surface area (Å²) in [5.41, 5.74) is 1.34. The highest BCUT2D eigenvalue weighted by Gasteiger charge is 2.52. The summed E-state index contributed by atoms with van der Waals surface area (Å²) < 4.78 is 10.5. The van der Waals surface area contributed by atoms with Crippen LogP contribution in [0.25, 0.3) is 0 Å². The molecule has 9 heteroatoms. The lowest BCUT2D eigenvalue weighted by Gasteiger charge is -2.29. The van der Waals surface area contributed by atoms with Crippen molar-refractivity contribution in [2.24, 2.45) is 11.8 Å². The first kappa shape index (κ1) is 22.8. The normalized spacial score (nSPS) is 24.8. The Bertz CT molecular complexity index is 1030. The third kappa shape index (κ3) is 4.15. The molecule has 4 atom stereocenters. The predicted octanol–water partition coefficient (Wildman–Crippen LogP) is 4.38. The van der Waals surface area contributed by atoms with Gasteiger partial charge in [-0.2, -0.15) is 0 Å². The van der Waals surface area contributed by atoms with Gasteiger partial charge in [0.05, 0.1) is 37.4 Å². The van der Waals surface area contributed by atoms with E-state index in [9.17, 15) is 14.4 Å². The van der Waals surface area contributed by atoms with Gasteiger partial charge in [-0.15, -0.1) is 0 Å². The summed E-state index contributed by atoms with van der Waals surface area (Å²) in [5, 5.41) is 2.81. The minimum absolute atomic E-state index is 0.153. The third-order valence-electron chi connectivity index (χ3n) is 5.95. The van der Waals surface area contributed by atoms with E-state index in [0.717, 1.165) is 0 Å². The van der Waals surface area contributed by atoms with Gasteiger partial charge in [0.25, 0.3) is 5.91 Å². The summed E-state index contributed by atoms with van der Waals surface area (Å²) in [6.07, 6.45) is 1.23. The predicted molar refractivity (Wildman–Crippen MR) is 128 cm³/mol. The molecule has 0 radical (unpaired) electrons. The highest BCUT2D eigenvalue weighted by atomic mass is 79.9. The topological polar surface area (TPSA) is 84.9 Å². The number of benzene rings is 2. The number of ether oxygens (including phenoxy) is 2. The maximum atomic E-state index is 13.0. The van der Waals surface area contributed by atoms with Gasteiger partial charge in [0.1, 0.15) is 11.5 Å². The van der Waals surface area contributed by atoms with Crippen LogP contribution in [-0.4, -0.2) is 41.6 Å². The van der Waals surface area contributed by atoms with Crippen LogP contribution in [0.4, 0.5) is 11.4 Å². The largest absolute Gasteiger partial charge is 0.497 e. The van der Waals surface area contributed by atoms with Crippen molar-refractivity contribution >= 4 is 61.0 Å². The summed E-state index contributed by atoms with van der Waals surface area (Å²) >= 11 is 7.19. The second-order valence-corrected chi connectivity index (χ2v) is 10.1. The minimum Gasteiger partial charge on any atom is -0.497 e. The quantitative estimate of drug-likeness (QED) is 0.429. The first-order valence-corrected chi connectivity index (χ1v) is 12.0. The van der Waals surface area contributed by atoms with Gasteiger partial charge in [-0.1, -0.05) is 31.9 Å². The number of hydrogen-bond acceptors (Lipinski definition) is 5. The lowest BCUT2D eigenvalue weighted by atomic mass is 9.81. The van der Waals surface area contributed by atoms with Crippen molar-refractivity contribution in [2.45, 2.75) is 22.5 Å². The smallest absolute Gasteiger partial charge is 0.255 e. The number of halogens is 2. The van der Waals surface area contributed by atoms with Crippen molar-refractivity contribution in [1.29, 1.82) is 0 Å². The molecule has 0 unspecified atom stereocenters. The highest BCUT2D eigenvalue weighted by molar-refractivity contribution is 9.12. The number of imide groups is 1. The van der Waals surface area contributed by atoms with E-state index in [1.165, 1.54) is 12.0 Å². The van der Waals surface area contributed by atoms with Gasteiger partial charge in [-0.3, -0.25) is 19.3 Å². The maximum Gasteiger partial charge on any atom is 0.255 e. The second kappa shape index (κ2) is 9.23. The van der Waals surface area contributed by atoms with E-state index < -0.39 is 0 Å². The number of fused-ring (bicyclic) bond motifs is 1. The van der Waals surface area contributed by atoms with E-state index in [-0.39, 0.29) is 39.2 Å². The Hall–Kier alpha value is -2.39. The molecule has 2 aromatic rings. The van der Waals surface area contributed by atoms with Gasteiger partial charge < -0.3 is 14.8 Å². The fourth-order valence-corrected chi connectivity index (χ4v) is 5.45. The summed E-state index contributed by atoms with van der Waals surface area (Å²) in [6.45, 7) is 0. The van der Waals surface area contributed by atoms with Crippen LogP contribution >= 0.6 is 31.9 Å². The molecule has 7 nitrogen and oxygen atoms in total. The molecule has 2 aromatic carbocycles. The Morgan fingerprint density at radius 2 is 1.53 bits per heavy atom. The van der Waals surface area contributed by atoms with Crippen molar-refractivity contribution in [2.75, 3.05) is 24.4 Å². The Balaban J connectivity index is 1.52. The molecule has 2 aliphatic rings. The standard InChI is InChI=1S/C23H22Br2N2O5/c1-31-14-7-8-20(32-2)19(9-14)26-21(28)12-3-5-13(6-4-12)27-22(29)15-10-17(24)18(25)11-16(15)23(27)30/h3-9,15-18H,10-11H2,1-2H3,(H,26,28)/t15-,16+,17-,18-/m0/s1. The van der Waals surface area contributed by atoms with Gasteiger partial charge in [0.2, 0.25) is 11.8 Å². The Kier molecular flexibility index (Phi) is 6.57. The van der Waals surface area contributed by atoms with E-state index in [4.69, 9.17) is 9.47 Å². The van der Waals surface area contributed by atoms with Crippen molar-refractivity contribution in [3.8, 4) is 11.5 Å². The van der Waals surface area contributed by atoms with Crippen molar-refractivity contribution in [1.82, 2.24) is 0 Å². The molecule has 3 amide bonds. The fraction of sp³-hybridized carbons (Fsp3) is 0.348. The molecule has 2 fully saturated rings. The molecule has 1 saturated carbocycles. The number of nitrogens with zero attached hydrogens (tertiary/aromatic N) is 1. The van der Waals surface area contributed by atoms with Crippen LogP contribution in [0.3, 0.4) is 0 Å². The number of rotatable bonds is 5. The van der Waals surface area contributed by atoms with Gasteiger partial charge in [-0.25, -0.2) is 0 Å². The van der Waals surface area contributed by atoms with E-state index in [2.05, 4.69) is 37.2 Å². The molecular weight excluding hydrogens is 544 g/mol. The average Bonchev–Trinajstić information content (AvgIpc) is 3.03. The summed E-state index contributed by atoms with van der Waals surface area (Å²) in [7, 11) is 3.06. The molecule has 0 bridgehead atoms. The highest BCUT2D eigenvalue weighted by Crippen LogP contribution is 2.44. The van der Waals surface area contributed by atoms with E-state index >= 15 is 0 Å². The summed E-state index contributed by atoms with van der Waals surface area (Å²) in [4.78, 5) is 40.2. The molecule has 1 heterocycles. The zero-order valence-electron chi connectivity index (χ0n) is 17.5. The Morgan fingerprint density at radius 3 is 2.06 bits per heavy atom. The van der Waals surface area contributed by atoms with Crippen LogP contribution in [0.1, 0.15) is 23.2 Å². The molecule has 0 spiro atoms. The third-order valence-corrected chi connectivity index (χ3v) is 8.69. The van der Waals surface area contributed by atoms with Crippen molar-refractivity contribution in [3.63, 3.8) is 0 Å². The monoisotopic (exact) mass is 564 g/mol.